The predicted octanol–water partition coefficient (Wildman–Crippen LogP) is 0.184. The summed E-state index contributed by atoms with van der Waals surface area (Å²) in [5, 5.41) is 2.67. The number of amides is 1. The Bertz CT molecular complexity index is 288. The number of nitrogens with one attached hydrogen (secondary N) is 1. The number of sulfonamides is 1. The average molecular weight is 236 g/mol. The molecule has 5 nitrogen and oxygen atoms in total. The average Bonchev–Trinajstić information content (AvgIpc) is 2.18. The Labute approximate surface area is 91.9 Å². The van der Waals surface area contributed by atoms with Gasteiger partial charge in [0.2, 0.25) is 15.9 Å². The zero-order valence-corrected chi connectivity index (χ0v) is 10.4. The fourth-order valence-corrected chi connectivity index (χ4v) is 1.74. The van der Waals surface area contributed by atoms with E-state index in [2.05, 4.69) is 5.32 Å². The topological polar surface area (TPSA) is 66.5 Å². The van der Waals surface area contributed by atoms with Crippen molar-refractivity contribution < 1.29 is 13.2 Å². The lowest BCUT2D eigenvalue weighted by molar-refractivity contribution is -0.121. The first-order valence-corrected chi connectivity index (χ1v) is 6.75. The molecule has 0 atom stereocenters. The molecule has 90 valence electrons. The molecule has 0 unspecified atom stereocenters. The summed E-state index contributed by atoms with van der Waals surface area (Å²) in [7, 11) is -1.84. The van der Waals surface area contributed by atoms with Crippen molar-refractivity contribution in [3.8, 4) is 0 Å². The zero-order valence-electron chi connectivity index (χ0n) is 9.62. The lowest BCUT2D eigenvalue weighted by Gasteiger charge is -2.15. The number of carbonyl (C=O) groups excluding carboxylic acids is 1. The molecular formula is C9H20N2O3S. The molecule has 6 heteroatoms. The highest BCUT2D eigenvalue weighted by molar-refractivity contribution is 7.89. The van der Waals surface area contributed by atoms with E-state index in [9.17, 15) is 13.2 Å². The second-order valence-electron chi connectivity index (χ2n) is 3.36. The Morgan fingerprint density at radius 2 is 1.93 bits per heavy atom. The van der Waals surface area contributed by atoms with Crippen molar-refractivity contribution in [1.82, 2.24) is 9.62 Å². The van der Waals surface area contributed by atoms with Gasteiger partial charge in [0.25, 0.3) is 0 Å². The van der Waals surface area contributed by atoms with Crippen LogP contribution in [-0.4, -0.2) is 44.5 Å². The first-order chi connectivity index (χ1) is 6.94. The summed E-state index contributed by atoms with van der Waals surface area (Å²) in [5.74, 6) is -0.228. The highest BCUT2D eigenvalue weighted by Gasteiger charge is 2.17. The van der Waals surface area contributed by atoms with Crippen molar-refractivity contribution in [3.63, 3.8) is 0 Å². The fourth-order valence-electron chi connectivity index (χ4n) is 0.981. The first-order valence-electron chi connectivity index (χ1n) is 5.14. The lowest BCUT2D eigenvalue weighted by Crippen LogP contribution is -2.39. The molecule has 0 aromatic heterocycles. The van der Waals surface area contributed by atoms with Gasteiger partial charge in [0.1, 0.15) is 0 Å². The molecule has 0 fully saturated rings. The minimum Gasteiger partial charge on any atom is -0.355 e. The third kappa shape index (κ3) is 5.74. The van der Waals surface area contributed by atoms with Crippen LogP contribution in [0.2, 0.25) is 0 Å². The Balaban J connectivity index is 3.97. The van der Waals surface area contributed by atoms with Gasteiger partial charge in [-0.1, -0.05) is 13.3 Å². The normalized spacial score (nSPS) is 11.7. The maximum Gasteiger partial charge on any atom is 0.235 e. The third-order valence-electron chi connectivity index (χ3n) is 2.06. The zero-order chi connectivity index (χ0) is 11.9. The summed E-state index contributed by atoms with van der Waals surface area (Å²) in [6.07, 6.45) is 1.92. The number of carbonyl (C=O) groups is 1. The molecule has 0 aliphatic heterocycles. The van der Waals surface area contributed by atoms with Crippen LogP contribution >= 0.6 is 0 Å². The van der Waals surface area contributed by atoms with E-state index in [-0.39, 0.29) is 18.2 Å². The van der Waals surface area contributed by atoms with Crippen LogP contribution in [-0.2, 0) is 14.8 Å². The van der Waals surface area contributed by atoms with E-state index in [4.69, 9.17) is 0 Å². The highest BCUT2D eigenvalue weighted by atomic mass is 32.2. The molecule has 0 radical (unpaired) electrons. The summed E-state index contributed by atoms with van der Waals surface area (Å²) in [6.45, 7) is 4.09. The summed E-state index contributed by atoms with van der Waals surface area (Å²) in [6, 6.07) is 0. The Hall–Kier alpha value is -0.620. The van der Waals surface area contributed by atoms with Gasteiger partial charge in [0, 0.05) is 13.6 Å². The maximum atomic E-state index is 11.3. The molecule has 0 aromatic carbocycles. The van der Waals surface area contributed by atoms with E-state index in [1.807, 2.05) is 6.92 Å². The molecule has 1 amide bonds. The second-order valence-corrected chi connectivity index (χ2v) is 5.72. The van der Waals surface area contributed by atoms with Crippen LogP contribution in [0.4, 0.5) is 0 Å². The molecule has 0 aliphatic rings. The van der Waals surface area contributed by atoms with Gasteiger partial charge >= 0.3 is 0 Å². The van der Waals surface area contributed by atoms with Gasteiger partial charge < -0.3 is 5.32 Å². The summed E-state index contributed by atoms with van der Waals surface area (Å²) >= 11 is 0. The monoisotopic (exact) mass is 236 g/mol. The predicted molar refractivity (Wildman–Crippen MR) is 60.0 cm³/mol. The SMILES string of the molecule is CCCCNC(=O)CN(C)S(=O)(=O)CC. The molecule has 0 bridgehead atoms. The van der Waals surface area contributed by atoms with Crippen molar-refractivity contribution in [2.45, 2.75) is 26.7 Å². The lowest BCUT2D eigenvalue weighted by atomic mass is 10.3. The van der Waals surface area contributed by atoms with E-state index in [1.165, 1.54) is 7.05 Å². The number of unbranched alkanes of at least 4 members (excludes halogenated alkanes) is 1. The summed E-state index contributed by atoms with van der Waals surface area (Å²) < 4.78 is 23.7. The number of likely N-dealkylation sites (N-methyl/N-ethyl adjacent to an activating group) is 1. The van der Waals surface area contributed by atoms with Crippen molar-refractivity contribution in [3.05, 3.63) is 0 Å². The number of rotatable bonds is 7. The molecular weight excluding hydrogens is 216 g/mol. The van der Waals surface area contributed by atoms with Crippen molar-refractivity contribution in [2.24, 2.45) is 0 Å². The Morgan fingerprint density at radius 1 is 1.33 bits per heavy atom. The highest BCUT2D eigenvalue weighted by Crippen LogP contribution is 1.96. The summed E-state index contributed by atoms with van der Waals surface area (Å²) in [5.41, 5.74) is 0. The largest absolute Gasteiger partial charge is 0.355 e. The first kappa shape index (κ1) is 14.4. The van der Waals surface area contributed by atoms with E-state index >= 15 is 0 Å². The Kier molecular flexibility index (Phi) is 6.51. The minimum atomic E-state index is -3.25. The van der Waals surface area contributed by atoms with Crippen LogP contribution < -0.4 is 5.32 Å². The number of hydrogen-bond acceptors (Lipinski definition) is 3. The van der Waals surface area contributed by atoms with Gasteiger partial charge in [0.05, 0.1) is 12.3 Å². The van der Waals surface area contributed by atoms with Gasteiger partial charge in [-0.15, -0.1) is 0 Å². The van der Waals surface area contributed by atoms with E-state index in [0.717, 1.165) is 17.1 Å². The van der Waals surface area contributed by atoms with E-state index in [1.54, 1.807) is 6.92 Å². The molecule has 0 saturated heterocycles. The molecule has 0 saturated carbocycles. The smallest absolute Gasteiger partial charge is 0.235 e. The third-order valence-corrected chi connectivity index (χ3v) is 3.87. The van der Waals surface area contributed by atoms with Gasteiger partial charge in [-0.2, -0.15) is 4.31 Å². The number of hydrogen-bond donors (Lipinski definition) is 1. The van der Waals surface area contributed by atoms with Crippen molar-refractivity contribution in [2.75, 3.05) is 25.9 Å². The second kappa shape index (κ2) is 6.79. The van der Waals surface area contributed by atoms with Crippen LogP contribution in [0.25, 0.3) is 0 Å². The van der Waals surface area contributed by atoms with E-state index in [0.29, 0.717) is 6.54 Å². The van der Waals surface area contributed by atoms with Crippen LogP contribution in [0.15, 0.2) is 0 Å². The molecule has 15 heavy (non-hydrogen) atoms. The standard InChI is InChI=1S/C9H20N2O3S/c1-4-6-7-10-9(12)8-11(3)15(13,14)5-2/h4-8H2,1-3H3,(H,10,12). The minimum absolute atomic E-state index is 0.0196. The molecule has 0 aliphatic carbocycles. The van der Waals surface area contributed by atoms with Crippen LogP contribution in [0, 0.1) is 0 Å². The van der Waals surface area contributed by atoms with Gasteiger partial charge in [-0.25, -0.2) is 8.42 Å². The van der Waals surface area contributed by atoms with Crippen molar-refractivity contribution >= 4 is 15.9 Å². The fraction of sp³-hybridized carbons (Fsp3) is 0.889. The van der Waals surface area contributed by atoms with Crippen LogP contribution in [0.5, 0.6) is 0 Å². The quantitative estimate of drug-likeness (QED) is 0.641. The molecule has 0 spiro atoms. The van der Waals surface area contributed by atoms with Gasteiger partial charge in [0.15, 0.2) is 0 Å². The maximum absolute atomic E-state index is 11.3. The van der Waals surface area contributed by atoms with Crippen molar-refractivity contribution in [1.29, 1.82) is 0 Å². The molecule has 1 N–H and O–H groups in total. The molecule has 0 aromatic rings. The molecule has 0 heterocycles. The number of nitrogens with zero attached hydrogens (tertiary/aromatic N) is 1. The van der Waals surface area contributed by atoms with Gasteiger partial charge in [-0.05, 0) is 13.3 Å². The van der Waals surface area contributed by atoms with Crippen LogP contribution in [0.1, 0.15) is 26.7 Å². The van der Waals surface area contributed by atoms with Crippen LogP contribution in [0.3, 0.4) is 0 Å². The molecule has 0 rings (SSSR count). The Morgan fingerprint density at radius 3 is 2.40 bits per heavy atom. The summed E-state index contributed by atoms with van der Waals surface area (Å²) in [4.78, 5) is 11.3. The van der Waals surface area contributed by atoms with Gasteiger partial charge in [-0.3, -0.25) is 4.79 Å². The van der Waals surface area contributed by atoms with E-state index < -0.39 is 10.0 Å².